The molecule has 0 saturated heterocycles. The van der Waals surface area contributed by atoms with Crippen LogP contribution in [-0.2, 0) is 32.7 Å². The Bertz CT molecular complexity index is 765. The molecule has 0 rings (SSSR count). The molecule has 0 aromatic carbocycles. The molecule has 11 heteroatoms. The van der Waals surface area contributed by atoms with Gasteiger partial charge in [-0.1, -0.05) is 75.5 Å². The topological polar surface area (TPSA) is 149 Å². The van der Waals surface area contributed by atoms with Gasteiger partial charge in [-0.25, -0.2) is 4.57 Å². The van der Waals surface area contributed by atoms with E-state index in [2.05, 4.69) is 47.9 Å². The molecule has 0 aromatic heterocycles. The van der Waals surface area contributed by atoms with Gasteiger partial charge < -0.3 is 24.6 Å². The molecular weight excluding hydrogens is 527 g/mol. The van der Waals surface area contributed by atoms with Crippen LogP contribution in [0.5, 0.6) is 0 Å². The van der Waals surface area contributed by atoms with Crippen molar-refractivity contribution in [2.24, 2.45) is 0 Å². The second-order valence-electron chi connectivity index (χ2n) is 9.12. The summed E-state index contributed by atoms with van der Waals surface area (Å²) in [6.45, 7) is 1.14. The first kappa shape index (κ1) is 37.2. The van der Waals surface area contributed by atoms with Gasteiger partial charge in [-0.2, -0.15) is 0 Å². The van der Waals surface area contributed by atoms with Gasteiger partial charge >= 0.3 is 19.8 Å². The zero-order chi connectivity index (χ0) is 29.2. The van der Waals surface area contributed by atoms with Crippen LogP contribution in [0.15, 0.2) is 36.5 Å². The first-order chi connectivity index (χ1) is 18.7. The number of carbonyl (C=O) groups is 2. The Labute approximate surface area is 233 Å². The van der Waals surface area contributed by atoms with E-state index in [9.17, 15) is 24.2 Å². The number of hydrogen-bond acceptors (Lipinski definition) is 9. The second kappa shape index (κ2) is 25.2. The van der Waals surface area contributed by atoms with Crippen LogP contribution in [0.4, 0.5) is 0 Å². The Morgan fingerprint density at radius 3 is 2.00 bits per heavy atom. The Kier molecular flexibility index (Phi) is 24.0. The molecule has 0 radical (unpaired) electrons. The minimum absolute atomic E-state index is 0.167. The van der Waals surface area contributed by atoms with Crippen LogP contribution < -0.4 is 0 Å². The molecule has 0 bridgehead atoms. The number of carbonyl (C=O) groups excluding carboxylic acids is 2. The summed E-state index contributed by atoms with van der Waals surface area (Å²) in [5, 5.41) is 17.9. The van der Waals surface area contributed by atoms with E-state index in [1.165, 1.54) is 19.8 Å². The molecule has 3 N–H and O–H groups in total. The Morgan fingerprint density at radius 2 is 1.38 bits per heavy atom. The van der Waals surface area contributed by atoms with Gasteiger partial charge in [0.15, 0.2) is 6.10 Å². The molecule has 3 atom stereocenters. The molecule has 0 aliphatic heterocycles. The van der Waals surface area contributed by atoms with Gasteiger partial charge in [0, 0.05) is 13.3 Å². The van der Waals surface area contributed by atoms with E-state index in [1.807, 2.05) is 0 Å². The molecule has 0 spiro atoms. The maximum Gasteiger partial charge on any atom is 0.472 e. The van der Waals surface area contributed by atoms with Gasteiger partial charge in [0.2, 0.25) is 0 Å². The second-order valence-corrected chi connectivity index (χ2v) is 10.6. The van der Waals surface area contributed by atoms with E-state index in [0.29, 0.717) is 6.42 Å². The largest absolute Gasteiger partial charge is 0.472 e. The summed E-state index contributed by atoms with van der Waals surface area (Å²) < 4.78 is 31.3. The zero-order valence-electron chi connectivity index (χ0n) is 23.6. The fourth-order valence-corrected chi connectivity index (χ4v) is 4.05. The van der Waals surface area contributed by atoms with Crippen LogP contribution in [-0.4, -0.2) is 65.7 Å². The van der Waals surface area contributed by atoms with E-state index in [-0.39, 0.29) is 13.0 Å². The van der Waals surface area contributed by atoms with Gasteiger partial charge in [0.05, 0.1) is 19.8 Å². The van der Waals surface area contributed by atoms with Crippen molar-refractivity contribution in [3.63, 3.8) is 0 Å². The van der Waals surface area contributed by atoms with Gasteiger partial charge in [0.1, 0.15) is 12.7 Å². The van der Waals surface area contributed by atoms with Crippen molar-refractivity contribution in [1.29, 1.82) is 0 Å². The first-order valence-corrected chi connectivity index (χ1v) is 15.4. The molecule has 0 aliphatic carbocycles. The number of esters is 2. The molecule has 0 amide bonds. The lowest BCUT2D eigenvalue weighted by atomic mass is 10.1. The van der Waals surface area contributed by atoms with Crippen molar-refractivity contribution in [1.82, 2.24) is 0 Å². The number of hydrogen-bond donors (Lipinski definition) is 3. The van der Waals surface area contributed by atoms with Crippen molar-refractivity contribution < 1.29 is 47.8 Å². The molecule has 3 unspecified atom stereocenters. The quantitative estimate of drug-likeness (QED) is 0.0564. The van der Waals surface area contributed by atoms with Gasteiger partial charge in [-0.15, -0.1) is 0 Å². The zero-order valence-corrected chi connectivity index (χ0v) is 24.5. The van der Waals surface area contributed by atoms with E-state index >= 15 is 0 Å². The third kappa shape index (κ3) is 26.2. The predicted molar refractivity (Wildman–Crippen MR) is 150 cm³/mol. The number of allylic oxidation sites excluding steroid dienone is 6. The molecule has 0 aliphatic rings. The van der Waals surface area contributed by atoms with Crippen molar-refractivity contribution in [2.45, 2.75) is 103 Å². The summed E-state index contributed by atoms with van der Waals surface area (Å²) in [5.41, 5.74) is 0. The van der Waals surface area contributed by atoms with Crippen LogP contribution in [0.1, 0.15) is 90.9 Å². The number of rotatable bonds is 25. The smallest absolute Gasteiger partial charge is 0.462 e. The highest BCUT2D eigenvalue weighted by Crippen LogP contribution is 2.43. The molecule has 0 saturated carbocycles. The van der Waals surface area contributed by atoms with Crippen molar-refractivity contribution >= 4 is 19.8 Å². The molecule has 226 valence electrons. The highest BCUT2D eigenvalue weighted by molar-refractivity contribution is 7.47. The highest BCUT2D eigenvalue weighted by atomic mass is 31.2. The maximum absolute atomic E-state index is 12.2. The number of phosphoric ester groups is 1. The SMILES string of the molecule is CC/C=C\C/C=C\C/C=C\CCCCCCCCCC(=O)OC(COC(C)=O)COP(=O)(O)OCC(O)CO. The molecule has 10 nitrogen and oxygen atoms in total. The molecule has 39 heavy (non-hydrogen) atoms. The Morgan fingerprint density at radius 1 is 0.821 bits per heavy atom. The lowest BCUT2D eigenvalue weighted by Crippen LogP contribution is -2.29. The van der Waals surface area contributed by atoms with Crippen LogP contribution >= 0.6 is 7.82 Å². The number of aliphatic hydroxyl groups is 2. The van der Waals surface area contributed by atoms with Crippen molar-refractivity contribution in [2.75, 3.05) is 26.4 Å². The minimum atomic E-state index is -4.57. The van der Waals surface area contributed by atoms with Gasteiger partial charge in [-0.05, 0) is 38.5 Å². The minimum Gasteiger partial charge on any atom is -0.462 e. The van der Waals surface area contributed by atoms with Crippen molar-refractivity contribution in [3.8, 4) is 0 Å². The summed E-state index contributed by atoms with van der Waals surface area (Å²) >= 11 is 0. The fourth-order valence-electron chi connectivity index (χ4n) is 3.26. The Balaban J connectivity index is 4.01. The van der Waals surface area contributed by atoms with Gasteiger partial charge in [0.25, 0.3) is 0 Å². The van der Waals surface area contributed by atoms with E-state index in [0.717, 1.165) is 51.4 Å². The Hall–Kier alpha value is -1.81. The summed E-state index contributed by atoms with van der Waals surface area (Å²) in [6.07, 6.45) is 22.2. The van der Waals surface area contributed by atoms with Crippen LogP contribution in [0.25, 0.3) is 0 Å². The third-order valence-electron chi connectivity index (χ3n) is 5.37. The normalized spacial score (nSPS) is 15.1. The van der Waals surface area contributed by atoms with Gasteiger partial charge in [-0.3, -0.25) is 18.6 Å². The summed E-state index contributed by atoms with van der Waals surface area (Å²) in [4.78, 5) is 32.9. The fraction of sp³-hybridized carbons (Fsp3) is 0.714. The monoisotopic (exact) mass is 576 g/mol. The van der Waals surface area contributed by atoms with Crippen molar-refractivity contribution in [3.05, 3.63) is 36.5 Å². The predicted octanol–water partition coefficient (Wildman–Crippen LogP) is 5.32. The molecule has 0 fully saturated rings. The summed E-state index contributed by atoms with van der Waals surface area (Å²) in [6, 6.07) is 0. The lowest BCUT2D eigenvalue weighted by Gasteiger charge is -2.20. The highest BCUT2D eigenvalue weighted by Gasteiger charge is 2.26. The van der Waals surface area contributed by atoms with Crippen LogP contribution in [0.3, 0.4) is 0 Å². The van der Waals surface area contributed by atoms with Crippen LogP contribution in [0.2, 0.25) is 0 Å². The standard InChI is InChI=1S/C28H49O10P/c1-3-4-5-6-7-8-9-10-11-12-13-14-15-16-17-18-19-20-28(32)38-27(23-35-25(2)30)24-37-39(33,34)36-22-26(31)21-29/h4-5,7-8,10-11,26-27,29,31H,3,6,9,12-24H2,1-2H3,(H,33,34)/b5-4-,8-7-,11-10-. The van der Waals surface area contributed by atoms with Crippen LogP contribution in [0, 0.1) is 0 Å². The van der Waals surface area contributed by atoms with E-state index in [1.54, 1.807) is 0 Å². The lowest BCUT2D eigenvalue weighted by molar-refractivity contribution is -0.160. The maximum atomic E-state index is 12.2. The van der Waals surface area contributed by atoms with E-state index in [4.69, 9.17) is 19.1 Å². The third-order valence-corrected chi connectivity index (χ3v) is 6.32. The number of ether oxygens (including phenoxy) is 2. The average molecular weight is 577 g/mol. The molecule has 0 heterocycles. The number of aliphatic hydroxyl groups excluding tert-OH is 2. The number of phosphoric acid groups is 1. The summed E-state index contributed by atoms with van der Waals surface area (Å²) in [5.74, 6) is -1.14. The van der Waals surface area contributed by atoms with E-state index < -0.39 is 51.8 Å². The number of unbranched alkanes of at least 4 members (excludes halogenated alkanes) is 7. The summed E-state index contributed by atoms with van der Waals surface area (Å²) in [7, 11) is -4.57. The molecule has 0 aromatic rings. The average Bonchev–Trinajstić information content (AvgIpc) is 2.90. The molecular formula is C28H49O10P. The first-order valence-electron chi connectivity index (χ1n) is 13.9.